The number of aromatic carboxylic acids is 1. The smallest absolute Gasteiger partial charge is 0.335 e. The first-order chi connectivity index (χ1) is 11.2. The number of hydrogen-bond acceptors (Lipinski definition) is 6. The Bertz CT molecular complexity index is 911. The minimum atomic E-state index is -1.02. The highest BCUT2D eigenvalue weighted by Gasteiger charge is 2.12. The molecule has 0 unspecified atom stereocenters. The quantitative estimate of drug-likeness (QED) is 0.564. The average molecular weight is 308 g/mol. The molecule has 112 valence electrons. The highest BCUT2D eigenvalue weighted by atomic mass is 16.5. The third-order valence-electron chi connectivity index (χ3n) is 3.07. The van der Waals surface area contributed by atoms with E-state index in [1.165, 1.54) is 12.1 Å². The van der Waals surface area contributed by atoms with E-state index in [0.29, 0.717) is 28.5 Å². The third kappa shape index (κ3) is 3.02. The number of carboxylic acid groups (broad SMARTS) is 1. The lowest BCUT2D eigenvalue weighted by Crippen LogP contribution is -1.96. The number of nitrogens with one attached hydrogen (secondary N) is 1. The topological polar surface area (TPSA) is 127 Å². The van der Waals surface area contributed by atoms with E-state index in [1.54, 1.807) is 36.4 Å². The Morgan fingerprint density at radius 3 is 2.65 bits per heavy atom. The normalized spacial score (nSPS) is 10.1. The number of aromatic nitrogens is 2. The molecule has 0 aliphatic heterocycles. The van der Waals surface area contributed by atoms with Gasteiger partial charge in [0.1, 0.15) is 5.53 Å². The van der Waals surface area contributed by atoms with Gasteiger partial charge >= 0.3 is 5.97 Å². The second-order valence-corrected chi connectivity index (χ2v) is 4.56. The van der Waals surface area contributed by atoms with Crippen molar-refractivity contribution in [3.05, 3.63) is 54.1 Å². The lowest BCUT2D eigenvalue weighted by Gasteiger charge is -1.96. The molecule has 8 nitrogen and oxygen atoms in total. The Hall–Kier alpha value is -3.64. The summed E-state index contributed by atoms with van der Waals surface area (Å²) < 4.78 is 5.21. The van der Waals surface area contributed by atoms with Crippen molar-refractivity contribution in [2.45, 2.75) is 0 Å². The van der Waals surface area contributed by atoms with Gasteiger partial charge in [0, 0.05) is 11.1 Å². The standard InChI is InChI=1S/C15H9N5O3/c16-20-18-12-6-4-9(5-7-12)14-17-13(19-23-14)10-2-1-3-11(8-10)15(21)22/h1-8,16H/p+1. The van der Waals surface area contributed by atoms with Crippen LogP contribution in [0.25, 0.3) is 22.8 Å². The molecule has 0 fully saturated rings. The molecule has 0 amide bonds. The van der Waals surface area contributed by atoms with E-state index in [0.717, 1.165) is 0 Å². The predicted octanol–water partition coefficient (Wildman–Crippen LogP) is 3.28. The highest BCUT2D eigenvalue weighted by Crippen LogP contribution is 2.24. The van der Waals surface area contributed by atoms with E-state index >= 15 is 0 Å². The summed E-state index contributed by atoms with van der Waals surface area (Å²) in [7, 11) is 0. The van der Waals surface area contributed by atoms with Crippen LogP contribution in [-0.2, 0) is 0 Å². The molecule has 2 aromatic carbocycles. The second-order valence-electron chi connectivity index (χ2n) is 4.56. The van der Waals surface area contributed by atoms with Gasteiger partial charge in [-0.3, -0.25) is 0 Å². The van der Waals surface area contributed by atoms with Crippen LogP contribution in [0.2, 0.25) is 0 Å². The molecular formula is C15H10N5O3+. The fourth-order valence-electron chi connectivity index (χ4n) is 1.98. The Morgan fingerprint density at radius 1 is 1.17 bits per heavy atom. The predicted molar refractivity (Wildman–Crippen MR) is 79.1 cm³/mol. The number of benzene rings is 2. The van der Waals surface area contributed by atoms with Gasteiger partial charge in [0.15, 0.2) is 10.8 Å². The summed E-state index contributed by atoms with van der Waals surface area (Å²) in [4.78, 5) is 18.2. The van der Waals surface area contributed by atoms with E-state index in [4.69, 9.17) is 15.2 Å². The summed E-state index contributed by atoms with van der Waals surface area (Å²) in [6.45, 7) is 0. The van der Waals surface area contributed by atoms with Crippen LogP contribution in [0, 0.1) is 5.53 Å². The van der Waals surface area contributed by atoms with E-state index in [1.807, 2.05) is 0 Å². The van der Waals surface area contributed by atoms with Gasteiger partial charge in [-0.2, -0.15) is 4.98 Å². The van der Waals surface area contributed by atoms with Gasteiger partial charge in [0.05, 0.1) is 5.56 Å². The molecule has 3 aromatic rings. The molecule has 0 spiro atoms. The van der Waals surface area contributed by atoms with Crippen LogP contribution in [0.3, 0.4) is 0 Å². The van der Waals surface area contributed by atoms with Crippen molar-refractivity contribution < 1.29 is 14.4 Å². The molecule has 23 heavy (non-hydrogen) atoms. The maximum atomic E-state index is 11.0. The van der Waals surface area contributed by atoms with E-state index < -0.39 is 5.97 Å². The van der Waals surface area contributed by atoms with Crippen molar-refractivity contribution in [1.82, 2.24) is 15.1 Å². The first-order valence-corrected chi connectivity index (χ1v) is 6.53. The van der Waals surface area contributed by atoms with Crippen LogP contribution < -0.4 is 4.91 Å². The van der Waals surface area contributed by atoms with Crippen LogP contribution in [0.4, 0.5) is 5.69 Å². The molecule has 0 bridgehead atoms. The molecule has 0 atom stereocenters. The van der Waals surface area contributed by atoms with Crippen molar-refractivity contribution in [2.75, 3.05) is 0 Å². The molecule has 3 rings (SSSR count). The summed E-state index contributed by atoms with van der Waals surface area (Å²) in [6, 6.07) is 13.1. The minimum Gasteiger partial charge on any atom is -0.478 e. The van der Waals surface area contributed by atoms with Gasteiger partial charge in [0.2, 0.25) is 10.7 Å². The second kappa shape index (κ2) is 6.00. The Kier molecular flexibility index (Phi) is 3.73. The number of carbonyl (C=O) groups is 1. The van der Waals surface area contributed by atoms with Crippen molar-refractivity contribution in [1.29, 1.82) is 5.53 Å². The summed E-state index contributed by atoms with van der Waals surface area (Å²) in [5, 5.41) is 16.5. The monoisotopic (exact) mass is 308 g/mol. The number of hydrogen-bond donors (Lipinski definition) is 2. The Balaban J connectivity index is 1.92. The fourth-order valence-corrected chi connectivity index (χ4v) is 1.98. The zero-order valence-electron chi connectivity index (χ0n) is 11.7. The van der Waals surface area contributed by atoms with Crippen molar-refractivity contribution >= 4 is 11.7 Å². The maximum Gasteiger partial charge on any atom is 0.335 e. The molecule has 0 saturated heterocycles. The molecule has 0 aliphatic carbocycles. The van der Waals surface area contributed by atoms with Gasteiger partial charge in [-0.25, -0.2) is 4.79 Å². The average Bonchev–Trinajstić information content (AvgIpc) is 3.06. The van der Waals surface area contributed by atoms with Crippen LogP contribution in [0.1, 0.15) is 10.4 Å². The SMILES string of the molecule is N=[N+]=Nc1ccc(-c2nc(-c3cccc(C(=O)O)c3)no2)cc1. The molecule has 1 heterocycles. The number of nitrogens with zero attached hydrogens (tertiary/aromatic N) is 4. The lowest BCUT2D eigenvalue weighted by atomic mass is 10.1. The van der Waals surface area contributed by atoms with Crippen LogP contribution >= 0.6 is 0 Å². The summed E-state index contributed by atoms with van der Waals surface area (Å²) >= 11 is 0. The van der Waals surface area contributed by atoms with Gasteiger partial charge in [-0.05, 0) is 36.4 Å². The number of carboxylic acids is 1. The van der Waals surface area contributed by atoms with Crippen molar-refractivity contribution in [3.8, 4) is 22.8 Å². The molecule has 1 aromatic heterocycles. The molecule has 0 radical (unpaired) electrons. The summed E-state index contributed by atoms with van der Waals surface area (Å²) in [5.41, 5.74) is 8.61. The Labute approximate surface area is 129 Å². The summed E-state index contributed by atoms with van der Waals surface area (Å²) in [5.74, 6) is -0.414. The minimum absolute atomic E-state index is 0.152. The van der Waals surface area contributed by atoms with Gasteiger partial charge in [-0.1, -0.05) is 17.3 Å². The summed E-state index contributed by atoms with van der Waals surface area (Å²) in [6.07, 6.45) is 0. The van der Waals surface area contributed by atoms with Gasteiger partial charge in [-0.15, -0.1) is 0 Å². The third-order valence-corrected chi connectivity index (χ3v) is 3.07. The van der Waals surface area contributed by atoms with Crippen LogP contribution in [0.15, 0.2) is 58.2 Å². The number of rotatable bonds is 4. The largest absolute Gasteiger partial charge is 0.478 e. The first kappa shape index (κ1) is 14.3. The van der Waals surface area contributed by atoms with E-state index in [2.05, 4.69) is 20.2 Å². The van der Waals surface area contributed by atoms with Crippen LogP contribution in [-0.4, -0.2) is 21.2 Å². The van der Waals surface area contributed by atoms with Gasteiger partial charge < -0.3 is 9.63 Å². The van der Waals surface area contributed by atoms with E-state index in [-0.39, 0.29) is 5.56 Å². The van der Waals surface area contributed by atoms with Crippen LogP contribution in [0.5, 0.6) is 0 Å². The first-order valence-electron chi connectivity index (χ1n) is 6.53. The molecule has 8 heteroatoms. The Morgan fingerprint density at radius 2 is 1.96 bits per heavy atom. The zero-order chi connectivity index (χ0) is 16.2. The van der Waals surface area contributed by atoms with Gasteiger partial charge in [0.25, 0.3) is 5.89 Å². The van der Waals surface area contributed by atoms with Crippen molar-refractivity contribution in [2.24, 2.45) is 5.11 Å². The zero-order valence-corrected chi connectivity index (χ0v) is 11.7. The molecule has 0 aliphatic rings. The molecule has 0 saturated carbocycles. The van der Waals surface area contributed by atoms with E-state index in [9.17, 15) is 4.79 Å². The van der Waals surface area contributed by atoms with Crippen molar-refractivity contribution in [3.63, 3.8) is 0 Å². The lowest BCUT2D eigenvalue weighted by molar-refractivity contribution is 0.0697. The molecular weight excluding hydrogens is 298 g/mol. The highest BCUT2D eigenvalue weighted by molar-refractivity contribution is 5.89. The maximum absolute atomic E-state index is 11.0. The fraction of sp³-hybridized carbons (Fsp3) is 0. The molecule has 2 N–H and O–H groups in total.